The van der Waals surface area contributed by atoms with Crippen LogP contribution in [0.1, 0.15) is 20.9 Å². The molecule has 3 heterocycles. The SMILES string of the molecule is c1cc2ccc1CSCc1ccc(s1)CSC2. The lowest BCUT2D eigenvalue weighted by Gasteiger charge is -2.03. The minimum absolute atomic E-state index is 1.13. The molecule has 0 nitrogen and oxygen atoms in total. The van der Waals surface area contributed by atoms with Gasteiger partial charge in [-0.15, -0.1) is 11.3 Å². The number of hydrogen-bond donors (Lipinski definition) is 0. The molecule has 0 aliphatic carbocycles. The van der Waals surface area contributed by atoms with E-state index in [9.17, 15) is 0 Å². The normalized spacial score (nSPS) is 16.0. The van der Waals surface area contributed by atoms with Crippen molar-refractivity contribution in [2.24, 2.45) is 0 Å². The Labute approximate surface area is 115 Å². The van der Waals surface area contributed by atoms with Gasteiger partial charge in [0.25, 0.3) is 0 Å². The van der Waals surface area contributed by atoms with E-state index in [4.69, 9.17) is 0 Å². The summed E-state index contributed by atoms with van der Waals surface area (Å²) in [7, 11) is 0. The molecule has 0 unspecified atom stereocenters. The van der Waals surface area contributed by atoms with Gasteiger partial charge < -0.3 is 0 Å². The fourth-order valence-electron chi connectivity index (χ4n) is 1.85. The molecule has 1 aromatic heterocycles. The molecule has 3 heteroatoms. The van der Waals surface area contributed by atoms with E-state index in [2.05, 4.69) is 36.4 Å². The number of thiophene rings is 1. The number of hydrogen-bond acceptors (Lipinski definition) is 3. The van der Waals surface area contributed by atoms with Crippen molar-refractivity contribution in [1.82, 2.24) is 0 Å². The summed E-state index contributed by atoms with van der Waals surface area (Å²) < 4.78 is 0. The van der Waals surface area contributed by atoms with Gasteiger partial charge in [-0.1, -0.05) is 24.3 Å². The average molecular weight is 278 g/mol. The summed E-state index contributed by atoms with van der Waals surface area (Å²) in [6.45, 7) is 0. The maximum absolute atomic E-state index is 2.29. The zero-order chi connectivity index (χ0) is 11.5. The molecule has 0 atom stereocenters. The molecular weight excluding hydrogens is 264 g/mol. The van der Waals surface area contributed by atoms with Crippen molar-refractivity contribution in [3.05, 3.63) is 57.3 Å². The Morgan fingerprint density at radius 2 is 1.06 bits per heavy atom. The standard InChI is InChI=1S/C14H14S3/c1-2-12-4-3-11(1)7-15-9-13-5-6-14(17-13)10-16-8-12/h1-6H,7-10H2. The Morgan fingerprint density at radius 1 is 0.588 bits per heavy atom. The minimum Gasteiger partial charge on any atom is -0.152 e. The highest BCUT2D eigenvalue weighted by molar-refractivity contribution is 7.98. The van der Waals surface area contributed by atoms with Gasteiger partial charge in [0.2, 0.25) is 0 Å². The molecule has 0 saturated carbocycles. The molecule has 4 bridgehead atoms. The highest BCUT2D eigenvalue weighted by atomic mass is 32.2. The van der Waals surface area contributed by atoms with Crippen molar-refractivity contribution < 1.29 is 0 Å². The van der Waals surface area contributed by atoms with Gasteiger partial charge in [0.15, 0.2) is 0 Å². The lowest BCUT2D eigenvalue weighted by atomic mass is 10.2. The summed E-state index contributed by atoms with van der Waals surface area (Å²) in [4.78, 5) is 3.03. The number of fused-ring (bicyclic) bond motifs is 6. The second-order valence-corrected chi connectivity index (χ2v) is 7.39. The van der Waals surface area contributed by atoms with Crippen LogP contribution in [-0.2, 0) is 23.0 Å². The summed E-state index contributed by atoms with van der Waals surface area (Å²) in [6, 6.07) is 13.7. The molecule has 2 aliphatic rings. The maximum Gasteiger partial charge on any atom is 0.0282 e. The third kappa shape index (κ3) is 3.09. The van der Waals surface area contributed by atoms with Crippen LogP contribution in [0, 0.1) is 0 Å². The van der Waals surface area contributed by atoms with Crippen LogP contribution in [0.3, 0.4) is 0 Å². The van der Waals surface area contributed by atoms with Crippen molar-refractivity contribution in [2.75, 3.05) is 0 Å². The Balaban J connectivity index is 1.81. The molecule has 88 valence electrons. The van der Waals surface area contributed by atoms with Crippen molar-refractivity contribution >= 4 is 34.9 Å². The molecule has 1 aromatic carbocycles. The lowest BCUT2D eigenvalue weighted by molar-refractivity contribution is 1.33. The predicted octanol–water partition coefficient (Wildman–Crippen LogP) is 4.93. The van der Waals surface area contributed by atoms with Gasteiger partial charge in [0, 0.05) is 32.8 Å². The van der Waals surface area contributed by atoms with Crippen LogP contribution in [0.15, 0.2) is 36.4 Å². The smallest absolute Gasteiger partial charge is 0.0282 e. The second-order valence-electron chi connectivity index (χ2n) is 4.17. The van der Waals surface area contributed by atoms with Gasteiger partial charge in [-0.2, -0.15) is 23.5 Å². The minimum atomic E-state index is 1.13. The van der Waals surface area contributed by atoms with E-state index in [0.29, 0.717) is 0 Å². The van der Waals surface area contributed by atoms with Crippen molar-refractivity contribution in [3.8, 4) is 0 Å². The van der Waals surface area contributed by atoms with Crippen LogP contribution in [0.25, 0.3) is 0 Å². The molecular formula is C14H14S3. The zero-order valence-corrected chi connectivity index (χ0v) is 12.0. The largest absolute Gasteiger partial charge is 0.152 e. The summed E-state index contributed by atoms with van der Waals surface area (Å²) in [5.74, 6) is 4.55. The maximum atomic E-state index is 2.29. The van der Waals surface area contributed by atoms with Crippen LogP contribution < -0.4 is 0 Å². The van der Waals surface area contributed by atoms with Crippen LogP contribution in [0.4, 0.5) is 0 Å². The van der Waals surface area contributed by atoms with Gasteiger partial charge in [-0.25, -0.2) is 0 Å². The van der Waals surface area contributed by atoms with Crippen molar-refractivity contribution in [3.63, 3.8) is 0 Å². The molecule has 0 amide bonds. The van der Waals surface area contributed by atoms with Crippen LogP contribution in [0.5, 0.6) is 0 Å². The van der Waals surface area contributed by atoms with Crippen LogP contribution >= 0.6 is 34.9 Å². The van der Waals surface area contributed by atoms with Gasteiger partial charge >= 0.3 is 0 Å². The topological polar surface area (TPSA) is 0 Å². The molecule has 0 fully saturated rings. The van der Waals surface area contributed by atoms with Crippen molar-refractivity contribution in [2.45, 2.75) is 23.0 Å². The highest BCUT2D eigenvalue weighted by Crippen LogP contribution is 2.28. The Morgan fingerprint density at radius 3 is 1.53 bits per heavy atom. The monoisotopic (exact) mass is 278 g/mol. The summed E-state index contributed by atoms with van der Waals surface area (Å²) in [5.41, 5.74) is 2.89. The average Bonchev–Trinajstić information content (AvgIpc) is 2.80. The van der Waals surface area contributed by atoms with E-state index in [1.54, 1.807) is 0 Å². The first-order valence-corrected chi connectivity index (χ1v) is 8.84. The van der Waals surface area contributed by atoms with E-state index in [-0.39, 0.29) is 0 Å². The highest BCUT2D eigenvalue weighted by Gasteiger charge is 2.04. The van der Waals surface area contributed by atoms with Gasteiger partial charge in [0.05, 0.1) is 0 Å². The Kier molecular flexibility index (Phi) is 3.79. The van der Waals surface area contributed by atoms with E-state index in [0.717, 1.165) is 23.0 Å². The summed E-state index contributed by atoms with van der Waals surface area (Å²) in [6.07, 6.45) is 0. The first kappa shape index (κ1) is 11.7. The van der Waals surface area contributed by atoms with E-state index in [1.807, 2.05) is 34.9 Å². The second kappa shape index (κ2) is 5.51. The molecule has 2 aliphatic heterocycles. The van der Waals surface area contributed by atoms with Crippen LogP contribution in [0.2, 0.25) is 0 Å². The molecule has 0 spiro atoms. The third-order valence-electron chi connectivity index (χ3n) is 2.77. The number of rotatable bonds is 0. The summed E-state index contributed by atoms with van der Waals surface area (Å²) >= 11 is 6.00. The van der Waals surface area contributed by atoms with Gasteiger partial charge in [-0.3, -0.25) is 0 Å². The molecule has 4 rings (SSSR count). The molecule has 0 N–H and O–H groups in total. The lowest BCUT2D eigenvalue weighted by Crippen LogP contribution is -1.85. The fourth-order valence-corrected chi connectivity index (χ4v) is 5.08. The molecule has 2 aromatic rings. The molecule has 0 radical (unpaired) electrons. The van der Waals surface area contributed by atoms with E-state index < -0.39 is 0 Å². The quantitative estimate of drug-likeness (QED) is 0.670. The van der Waals surface area contributed by atoms with Gasteiger partial charge in [-0.05, 0) is 23.3 Å². The van der Waals surface area contributed by atoms with E-state index >= 15 is 0 Å². The number of benzene rings is 1. The van der Waals surface area contributed by atoms with Crippen molar-refractivity contribution in [1.29, 1.82) is 0 Å². The molecule has 17 heavy (non-hydrogen) atoms. The fraction of sp³-hybridized carbons (Fsp3) is 0.286. The third-order valence-corrected chi connectivity index (χ3v) is 6.32. The first-order valence-electron chi connectivity index (χ1n) is 5.71. The Bertz CT molecular complexity index is 441. The Hall–Kier alpha value is -0.380. The predicted molar refractivity (Wildman–Crippen MR) is 80.8 cm³/mol. The molecule has 0 saturated heterocycles. The number of thioether (sulfide) groups is 2. The summed E-state index contributed by atoms with van der Waals surface area (Å²) in [5, 5.41) is 0. The van der Waals surface area contributed by atoms with Gasteiger partial charge in [0.1, 0.15) is 0 Å². The van der Waals surface area contributed by atoms with Crippen LogP contribution in [-0.4, -0.2) is 0 Å². The first-order chi connectivity index (χ1) is 8.40. The van der Waals surface area contributed by atoms with E-state index in [1.165, 1.54) is 20.9 Å². The zero-order valence-electron chi connectivity index (χ0n) is 9.52.